The second-order valence-corrected chi connectivity index (χ2v) is 5.42. The zero-order valence-corrected chi connectivity index (χ0v) is 11.8. The van der Waals surface area contributed by atoms with E-state index in [-0.39, 0.29) is 5.41 Å². The molecule has 1 aliphatic carbocycles. The molecular formula is C17H18O2. The fourth-order valence-electron chi connectivity index (χ4n) is 3.03. The van der Waals surface area contributed by atoms with Crippen LogP contribution in [0.25, 0.3) is 11.1 Å². The third kappa shape index (κ3) is 1.56. The predicted molar refractivity (Wildman–Crippen MR) is 77.1 cm³/mol. The van der Waals surface area contributed by atoms with Gasteiger partial charge >= 0.3 is 0 Å². The van der Waals surface area contributed by atoms with Gasteiger partial charge in [0.05, 0.1) is 14.2 Å². The molecular weight excluding hydrogens is 236 g/mol. The molecule has 2 aromatic carbocycles. The maximum absolute atomic E-state index is 5.43. The van der Waals surface area contributed by atoms with Gasteiger partial charge in [0.25, 0.3) is 0 Å². The Balaban J connectivity index is 2.33. The summed E-state index contributed by atoms with van der Waals surface area (Å²) in [6.45, 7) is 4.51. The summed E-state index contributed by atoms with van der Waals surface area (Å²) in [6, 6.07) is 12.8. The van der Waals surface area contributed by atoms with E-state index in [4.69, 9.17) is 9.47 Å². The predicted octanol–water partition coefficient (Wildman–Crippen LogP) is 4.01. The van der Waals surface area contributed by atoms with Gasteiger partial charge in [-0.1, -0.05) is 38.1 Å². The molecule has 0 aromatic heterocycles. The normalized spacial score (nSPS) is 14.7. The SMILES string of the molecule is COc1cc2c(cc1OC)C(C)(C)c1ccccc1-2. The van der Waals surface area contributed by atoms with Gasteiger partial charge in [0.1, 0.15) is 0 Å². The third-order valence-corrected chi connectivity index (χ3v) is 4.09. The van der Waals surface area contributed by atoms with Crippen LogP contribution >= 0.6 is 0 Å². The van der Waals surface area contributed by atoms with E-state index in [1.165, 1.54) is 22.3 Å². The van der Waals surface area contributed by atoms with Crippen LogP contribution in [0.2, 0.25) is 0 Å². The molecule has 98 valence electrons. The van der Waals surface area contributed by atoms with Gasteiger partial charge in [0.2, 0.25) is 0 Å². The minimum Gasteiger partial charge on any atom is -0.493 e. The first-order chi connectivity index (χ1) is 9.09. The molecule has 1 aliphatic rings. The summed E-state index contributed by atoms with van der Waals surface area (Å²) in [5.41, 5.74) is 5.21. The van der Waals surface area contributed by atoms with E-state index in [0.29, 0.717) is 0 Å². The van der Waals surface area contributed by atoms with Gasteiger partial charge in [-0.3, -0.25) is 0 Å². The summed E-state index contributed by atoms with van der Waals surface area (Å²) in [6.07, 6.45) is 0. The molecule has 2 heteroatoms. The molecule has 0 heterocycles. The number of hydrogen-bond acceptors (Lipinski definition) is 2. The summed E-state index contributed by atoms with van der Waals surface area (Å²) in [5.74, 6) is 1.58. The van der Waals surface area contributed by atoms with Gasteiger partial charge in [-0.05, 0) is 34.4 Å². The molecule has 0 amide bonds. The smallest absolute Gasteiger partial charge is 0.161 e. The van der Waals surface area contributed by atoms with Crippen molar-refractivity contribution in [3.05, 3.63) is 47.5 Å². The highest BCUT2D eigenvalue weighted by atomic mass is 16.5. The Kier molecular flexibility index (Phi) is 2.56. The van der Waals surface area contributed by atoms with Gasteiger partial charge in [0, 0.05) is 5.41 Å². The lowest BCUT2D eigenvalue weighted by Gasteiger charge is -2.22. The lowest BCUT2D eigenvalue weighted by molar-refractivity contribution is 0.354. The molecule has 2 aromatic rings. The van der Waals surface area contributed by atoms with Crippen LogP contribution in [0.4, 0.5) is 0 Å². The molecule has 2 nitrogen and oxygen atoms in total. The van der Waals surface area contributed by atoms with Gasteiger partial charge in [-0.25, -0.2) is 0 Å². The molecule has 19 heavy (non-hydrogen) atoms. The van der Waals surface area contributed by atoms with Gasteiger partial charge in [-0.2, -0.15) is 0 Å². The summed E-state index contributed by atoms with van der Waals surface area (Å²) in [5, 5.41) is 0. The molecule has 0 radical (unpaired) electrons. The maximum atomic E-state index is 5.43. The highest BCUT2D eigenvalue weighted by molar-refractivity contribution is 5.82. The fourth-order valence-corrected chi connectivity index (χ4v) is 3.03. The van der Waals surface area contributed by atoms with Crippen molar-refractivity contribution in [1.29, 1.82) is 0 Å². The Labute approximate surface area is 114 Å². The molecule has 0 N–H and O–H groups in total. The van der Waals surface area contributed by atoms with Crippen molar-refractivity contribution in [1.82, 2.24) is 0 Å². The Morgan fingerprint density at radius 3 is 2.11 bits per heavy atom. The van der Waals surface area contributed by atoms with E-state index in [9.17, 15) is 0 Å². The molecule has 0 atom stereocenters. The average molecular weight is 254 g/mol. The van der Waals surface area contributed by atoms with E-state index in [0.717, 1.165) is 11.5 Å². The zero-order valence-electron chi connectivity index (χ0n) is 11.8. The molecule has 0 saturated heterocycles. The highest BCUT2D eigenvalue weighted by Gasteiger charge is 2.36. The quantitative estimate of drug-likeness (QED) is 0.806. The number of benzene rings is 2. The first-order valence-electron chi connectivity index (χ1n) is 6.46. The molecule has 3 rings (SSSR count). The number of rotatable bonds is 2. The number of ether oxygens (including phenoxy) is 2. The van der Waals surface area contributed by atoms with Crippen LogP contribution in [0.1, 0.15) is 25.0 Å². The summed E-state index contributed by atoms with van der Waals surface area (Å²) in [7, 11) is 3.36. The van der Waals surface area contributed by atoms with Gasteiger partial charge in [0.15, 0.2) is 11.5 Å². The minimum atomic E-state index is 0.00543. The lowest BCUT2D eigenvalue weighted by Crippen LogP contribution is -2.15. The zero-order chi connectivity index (χ0) is 13.6. The van der Waals surface area contributed by atoms with Crippen molar-refractivity contribution in [2.24, 2.45) is 0 Å². The van der Waals surface area contributed by atoms with Crippen LogP contribution in [-0.4, -0.2) is 14.2 Å². The first kappa shape index (κ1) is 12.1. The monoisotopic (exact) mass is 254 g/mol. The standard InChI is InChI=1S/C17H18O2/c1-17(2)13-8-6-5-7-11(13)12-9-15(18-3)16(19-4)10-14(12)17/h5-10H,1-4H3. The first-order valence-corrected chi connectivity index (χ1v) is 6.46. The van der Waals surface area contributed by atoms with Crippen LogP contribution < -0.4 is 9.47 Å². The average Bonchev–Trinajstić information content (AvgIpc) is 2.66. The van der Waals surface area contributed by atoms with Crippen molar-refractivity contribution < 1.29 is 9.47 Å². The number of hydrogen-bond donors (Lipinski definition) is 0. The van der Waals surface area contributed by atoms with Crippen LogP contribution in [0.3, 0.4) is 0 Å². The summed E-state index contributed by atoms with van der Waals surface area (Å²) >= 11 is 0. The van der Waals surface area contributed by atoms with Gasteiger partial charge in [-0.15, -0.1) is 0 Å². The maximum Gasteiger partial charge on any atom is 0.161 e. The molecule has 0 aliphatic heterocycles. The van der Waals surface area contributed by atoms with E-state index < -0.39 is 0 Å². The van der Waals surface area contributed by atoms with Crippen molar-refractivity contribution in [2.75, 3.05) is 14.2 Å². The molecule has 0 bridgehead atoms. The van der Waals surface area contributed by atoms with Crippen molar-refractivity contribution in [3.8, 4) is 22.6 Å². The Morgan fingerprint density at radius 1 is 0.789 bits per heavy atom. The van der Waals surface area contributed by atoms with E-state index >= 15 is 0 Å². The Bertz CT molecular complexity index is 642. The van der Waals surface area contributed by atoms with E-state index in [2.05, 4.69) is 50.2 Å². The Hall–Kier alpha value is -1.96. The lowest BCUT2D eigenvalue weighted by atomic mass is 9.82. The van der Waals surface area contributed by atoms with E-state index in [1.807, 2.05) is 0 Å². The van der Waals surface area contributed by atoms with Crippen LogP contribution in [0.5, 0.6) is 11.5 Å². The molecule has 0 unspecified atom stereocenters. The summed E-state index contributed by atoms with van der Waals surface area (Å²) < 4.78 is 10.8. The van der Waals surface area contributed by atoms with Crippen molar-refractivity contribution >= 4 is 0 Å². The van der Waals surface area contributed by atoms with Crippen molar-refractivity contribution in [2.45, 2.75) is 19.3 Å². The van der Waals surface area contributed by atoms with Crippen molar-refractivity contribution in [3.63, 3.8) is 0 Å². The fraction of sp³-hybridized carbons (Fsp3) is 0.294. The largest absolute Gasteiger partial charge is 0.493 e. The third-order valence-electron chi connectivity index (χ3n) is 4.09. The second kappa shape index (κ2) is 4.02. The van der Waals surface area contributed by atoms with Crippen LogP contribution in [0, 0.1) is 0 Å². The number of methoxy groups -OCH3 is 2. The van der Waals surface area contributed by atoms with E-state index in [1.54, 1.807) is 14.2 Å². The molecule has 0 spiro atoms. The second-order valence-electron chi connectivity index (χ2n) is 5.42. The summed E-state index contributed by atoms with van der Waals surface area (Å²) in [4.78, 5) is 0. The van der Waals surface area contributed by atoms with Crippen LogP contribution in [-0.2, 0) is 5.41 Å². The minimum absolute atomic E-state index is 0.00543. The highest BCUT2D eigenvalue weighted by Crippen LogP contribution is 2.51. The molecule has 0 fully saturated rings. The molecule has 0 saturated carbocycles. The van der Waals surface area contributed by atoms with Crippen LogP contribution in [0.15, 0.2) is 36.4 Å². The van der Waals surface area contributed by atoms with Gasteiger partial charge < -0.3 is 9.47 Å². The topological polar surface area (TPSA) is 18.5 Å². The Morgan fingerprint density at radius 2 is 1.42 bits per heavy atom. The number of fused-ring (bicyclic) bond motifs is 3.